The summed E-state index contributed by atoms with van der Waals surface area (Å²) in [6.07, 6.45) is 10.0. The first-order valence-electron chi connectivity index (χ1n) is 7.99. The molecule has 0 aliphatic heterocycles. The van der Waals surface area contributed by atoms with Crippen molar-refractivity contribution in [3.63, 3.8) is 0 Å². The van der Waals surface area contributed by atoms with Crippen LogP contribution >= 0.6 is 0 Å². The first kappa shape index (κ1) is 13.6. The van der Waals surface area contributed by atoms with E-state index in [1.165, 1.54) is 19.3 Å². The van der Waals surface area contributed by atoms with Gasteiger partial charge in [-0.25, -0.2) is 0 Å². The Labute approximate surface area is 120 Å². The summed E-state index contributed by atoms with van der Waals surface area (Å²) in [7, 11) is 0. The molecule has 3 unspecified atom stereocenters. The molecule has 0 spiro atoms. The molecule has 110 valence electrons. The van der Waals surface area contributed by atoms with Gasteiger partial charge in [-0.15, -0.1) is 0 Å². The van der Waals surface area contributed by atoms with Crippen LogP contribution in [0.3, 0.4) is 0 Å². The van der Waals surface area contributed by atoms with Crippen molar-refractivity contribution < 1.29 is 10.2 Å². The van der Waals surface area contributed by atoms with Crippen LogP contribution in [0.5, 0.6) is 11.8 Å². The molecule has 20 heavy (non-hydrogen) atoms. The largest absolute Gasteiger partial charge is 0.494 e. The average molecular weight is 275 g/mol. The lowest BCUT2D eigenvalue weighted by atomic mass is 9.99. The molecule has 0 fully saturated rings. The van der Waals surface area contributed by atoms with E-state index in [0.29, 0.717) is 29.5 Å². The third-order valence-corrected chi connectivity index (χ3v) is 5.09. The molecule has 2 N–H and O–H groups in total. The lowest BCUT2D eigenvalue weighted by Gasteiger charge is -2.17. The summed E-state index contributed by atoms with van der Waals surface area (Å²) < 4.78 is 1.75. The van der Waals surface area contributed by atoms with Crippen LogP contribution in [0.1, 0.15) is 68.9 Å². The quantitative estimate of drug-likeness (QED) is 0.762. The third kappa shape index (κ3) is 1.95. The second kappa shape index (κ2) is 5.19. The van der Waals surface area contributed by atoms with Gasteiger partial charge in [0.2, 0.25) is 0 Å². The Morgan fingerprint density at radius 3 is 2.25 bits per heavy atom. The second-order valence-electron chi connectivity index (χ2n) is 6.34. The Morgan fingerprint density at radius 1 is 1.15 bits per heavy atom. The van der Waals surface area contributed by atoms with Gasteiger partial charge in [-0.1, -0.05) is 45.3 Å². The minimum absolute atomic E-state index is 0.310. The van der Waals surface area contributed by atoms with Crippen molar-refractivity contribution >= 4 is 0 Å². The number of allylic oxidation sites excluding steroid dienone is 2. The van der Waals surface area contributed by atoms with Gasteiger partial charge in [-0.05, 0) is 18.8 Å². The van der Waals surface area contributed by atoms with E-state index in [2.05, 4.69) is 26.0 Å². The molecule has 0 saturated carbocycles. The molecular weight excluding hydrogens is 250 g/mol. The van der Waals surface area contributed by atoms with Gasteiger partial charge >= 0.3 is 0 Å². The highest BCUT2D eigenvalue weighted by atomic mass is 16.3. The van der Waals surface area contributed by atoms with Crippen molar-refractivity contribution in [3.05, 3.63) is 23.3 Å². The van der Waals surface area contributed by atoms with E-state index in [1.807, 2.05) is 0 Å². The van der Waals surface area contributed by atoms with Crippen molar-refractivity contribution in [1.29, 1.82) is 0 Å². The number of nitrogens with zero attached hydrogens (tertiary/aromatic N) is 1. The van der Waals surface area contributed by atoms with Gasteiger partial charge in [0, 0.05) is 29.5 Å². The zero-order valence-corrected chi connectivity index (χ0v) is 12.5. The molecule has 1 aromatic rings. The van der Waals surface area contributed by atoms with Crippen molar-refractivity contribution in [2.75, 3.05) is 0 Å². The molecule has 1 heterocycles. The van der Waals surface area contributed by atoms with Crippen molar-refractivity contribution in [3.8, 4) is 11.8 Å². The molecule has 0 radical (unpaired) electrons. The SMILES string of the molecule is CCCCC(CC)Cn1c(O)c2c(c1O)C1C=CC2C1. The summed E-state index contributed by atoms with van der Waals surface area (Å²) in [4.78, 5) is 0. The maximum Gasteiger partial charge on any atom is 0.198 e. The highest BCUT2D eigenvalue weighted by Crippen LogP contribution is 2.56. The summed E-state index contributed by atoms with van der Waals surface area (Å²) in [5, 5.41) is 21.0. The van der Waals surface area contributed by atoms with Crippen LogP contribution < -0.4 is 0 Å². The Balaban J connectivity index is 1.85. The van der Waals surface area contributed by atoms with Crippen LogP contribution in [0, 0.1) is 5.92 Å². The van der Waals surface area contributed by atoms with Crippen LogP contribution in [-0.2, 0) is 6.54 Å². The molecule has 3 heteroatoms. The van der Waals surface area contributed by atoms with Crippen LogP contribution in [0.4, 0.5) is 0 Å². The van der Waals surface area contributed by atoms with Crippen LogP contribution in [0.15, 0.2) is 12.2 Å². The number of aromatic nitrogens is 1. The Hall–Kier alpha value is -1.38. The predicted octanol–water partition coefficient (Wildman–Crippen LogP) is 4.26. The molecule has 0 amide bonds. The molecule has 2 bridgehead atoms. The first-order chi connectivity index (χ1) is 9.67. The molecule has 3 nitrogen and oxygen atoms in total. The van der Waals surface area contributed by atoms with E-state index in [-0.39, 0.29) is 0 Å². The molecule has 3 atom stereocenters. The van der Waals surface area contributed by atoms with Crippen LogP contribution in [0.2, 0.25) is 0 Å². The zero-order chi connectivity index (χ0) is 14.3. The predicted molar refractivity (Wildman–Crippen MR) is 80.3 cm³/mol. The van der Waals surface area contributed by atoms with E-state index in [1.54, 1.807) is 4.57 Å². The highest BCUT2D eigenvalue weighted by Gasteiger charge is 2.41. The van der Waals surface area contributed by atoms with Crippen LogP contribution in [0.25, 0.3) is 0 Å². The number of aromatic hydroxyl groups is 2. The second-order valence-corrected chi connectivity index (χ2v) is 6.34. The average Bonchev–Trinajstić information content (AvgIpc) is 3.12. The number of unbranched alkanes of at least 4 members (excludes halogenated alkanes) is 1. The van der Waals surface area contributed by atoms with E-state index < -0.39 is 0 Å². The fourth-order valence-electron chi connectivity index (χ4n) is 3.84. The summed E-state index contributed by atoms with van der Waals surface area (Å²) in [5.41, 5.74) is 1.97. The van der Waals surface area contributed by atoms with Crippen molar-refractivity contribution in [1.82, 2.24) is 4.57 Å². The van der Waals surface area contributed by atoms with Gasteiger partial charge in [0.25, 0.3) is 0 Å². The summed E-state index contributed by atoms with van der Waals surface area (Å²) in [6, 6.07) is 0. The molecule has 3 rings (SSSR count). The highest BCUT2D eigenvalue weighted by molar-refractivity contribution is 5.58. The van der Waals surface area contributed by atoms with Crippen LogP contribution in [-0.4, -0.2) is 14.8 Å². The lowest BCUT2D eigenvalue weighted by Crippen LogP contribution is -2.10. The minimum Gasteiger partial charge on any atom is -0.494 e. The van der Waals surface area contributed by atoms with E-state index >= 15 is 0 Å². The third-order valence-electron chi connectivity index (χ3n) is 5.09. The zero-order valence-electron chi connectivity index (χ0n) is 12.5. The van der Waals surface area contributed by atoms with E-state index in [9.17, 15) is 10.2 Å². The van der Waals surface area contributed by atoms with E-state index in [0.717, 1.165) is 30.5 Å². The summed E-state index contributed by atoms with van der Waals surface area (Å²) in [6.45, 7) is 5.13. The Bertz CT molecular complexity index is 494. The Kier molecular flexibility index (Phi) is 3.53. The number of rotatable bonds is 6. The van der Waals surface area contributed by atoms with Gasteiger partial charge in [-0.3, -0.25) is 4.57 Å². The molecule has 0 saturated heterocycles. The molecule has 1 aromatic heterocycles. The normalized spacial score (nSPS) is 24.3. The monoisotopic (exact) mass is 275 g/mol. The Morgan fingerprint density at radius 2 is 1.75 bits per heavy atom. The van der Waals surface area contributed by atoms with Gasteiger partial charge in [-0.2, -0.15) is 0 Å². The van der Waals surface area contributed by atoms with Gasteiger partial charge < -0.3 is 10.2 Å². The topological polar surface area (TPSA) is 45.4 Å². The first-order valence-corrected chi connectivity index (χ1v) is 7.99. The molecule has 2 aliphatic rings. The van der Waals surface area contributed by atoms with Gasteiger partial charge in [0.05, 0.1) is 0 Å². The summed E-state index contributed by atoms with van der Waals surface area (Å²) >= 11 is 0. The summed E-state index contributed by atoms with van der Waals surface area (Å²) in [5.74, 6) is 1.79. The molecular formula is C17H25NO2. The standard InChI is InChI=1S/C17H25NO2/c1-3-5-6-11(4-2)10-18-16(19)14-12-7-8-13(9-12)15(14)17(18)20/h7-8,11-13,19-20H,3-6,9-10H2,1-2H3. The fraction of sp³-hybridized carbons (Fsp3) is 0.647. The van der Waals surface area contributed by atoms with Gasteiger partial charge in [0.1, 0.15) is 0 Å². The maximum atomic E-state index is 10.5. The molecule has 2 aliphatic carbocycles. The fourth-order valence-corrected chi connectivity index (χ4v) is 3.84. The van der Waals surface area contributed by atoms with Crippen molar-refractivity contribution in [2.45, 2.75) is 64.3 Å². The number of hydrogen-bond acceptors (Lipinski definition) is 2. The van der Waals surface area contributed by atoms with E-state index in [4.69, 9.17) is 0 Å². The lowest BCUT2D eigenvalue weighted by molar-refractivity contribution is 0.312. The molecule has 0 aromatic carbocycles. The smallest absolute Gasteiger partial charge is 0.198 e. The maximum absolute atomic E-state index is 10.5. The minimum atomic E-state index is 0.310. The van der Waals surface area contributed by atoms with Crippen molar-refractivity contribution in [2.24, 2.45) is 5.92 Å². The number of fused-ring (bicyclic) bond motifs is 5. The number of hydrogen-bond donors (Lipinski definition) is 2. The van der Waals surface area contributed by atoms with Gasteiger partial charge in [0.15, 0.2) is 11.8 Å².